The summed E-state index contributed by atoms with van der Waals surface area (Å²) >= 11 is 5.90. The van der Waals surface area contributed by atoms with Crippen LogP contribution >= 0.6 is 11.6 Å². The number of carbonyl (C=O) groups is 2. The fraction of sp³-hybridized carbons (Fsp3) is 0.429. The quantitative estimate of drug-likeness (QED) is 0.796. The fourth-order valence-corrected chi connectivity index (χ4v) is 2.47. The first kappa shape index (κ1) is 16.6. The molecular weight excluding hydrogens is 323 g/mol. The average molecular weight is 336 g/mol. The molecule has 1 amide bonds. The first-order chi connectivity index (χ1) is 10.2. The van der Waals surface area contributed by atoms with Gasteiger partial charge < -0.3 is 9.64 Å². The Labute approximate surface area is 129 Å². The zero-order valence-corrected chi connectivity index (χ0v) is 12.4. The number of esters is 1. The molecule has 1 heterocycles. The number of rotatable bonds is 3. The molecule has 1 aliphatic rings. The van der Waals surface area contributed by atoms with Gasteiger partial charge in [-0.2, -0.15) is 13.2 Å². The third-order valence-corrected chi connectivity index (χ3v) is 3.63. The molecule has 8 heteroatoms. The summed E-state index contributed by atoms with van der Waals surface area (Å²) in [6.45, 7) is 1.77. The predicted octanol–water partition coefficient (Wildman–Crippen LogP) is 3.27. The minimum atomic E-state index is -4.54. The molecule has 0 bridgehead atoms. The van der Waals surface area contributed by atoms with Crippen molar-refractivity contribution in [3.63, 3.8) is 0 Å². The summed E-state index contributed by atoms with van der Waals surface area (Å²) in [5.41, 5.74) is -0.951. The molecule has 22 heavy (non-hydrogen) atoms. The highest BCUT2D eigenvalue weighted by molar-refractivity contribution is 6.34. The van der Waals surface area contributed by atoms with Gasteiger partial charge in [0, 0.05) is 13.0 Å². The van der Waals surface area contributed by atoms with E-state index in [0.29, 0.717) is 0 Å². The number of carbonyl (C=O) groups excluding carboxylic acids is 2. The van der Waals surface area contributed by atoms with E-state index in [-0.39, 0.29) is 30.3 Å². The van der Waals surface area contributed by atoms with Crippen molar-refractivity contribution in [1.29, 1.82) is 0 Å². The van der Waals surface area contributed by atoms with E-state index in [1.54, 1.807) is 6.92 Å². The van der Waals surface area contributed by atoms with Crippen molar-refractivity contribution in [2.24, 2.45) is 5.92 Å². The van der Waals surface area contributed by atoms with E-state index < -0.39 is 29.5 Å². The molecule has 0 radical (unpaired) electrons. The van der Waals surface area contributed by atoms with Crippen molar-refractivity contribution in [3.8, 4) is 0 Å². The molecule has 1 atom stereocenters. The molecule has 4 nitrogen and oxygen atoms in total. The number of hydrogen-bond donors (Lipinski definition) is 0. The smallest absolute Gasteiger partial charge is 0.416 e. The van der Waals surface area contributed by atoms with Crippen LogP contribution in [0.1, 0.15) is 18.9 Å². The Morgan fingerprint density at radius 3 is 2.73 bits per heavy atom. The van der Waals surface area contributed by atoms with Crippen LogP contribution in [-0.4, -0.2) is 25.0 Å². The standard InChI is InChI=1S/C14H13ClF3NO3/c1-2-22-13(21)8-5-12(20)19(7-8)11-6-9(14(16,17)18)3-4-10(11)15/h3-4,6,8H,2,5,7H2,1H3/t8-/m0/s1. The number of halogens is 4. The summed E-state index contributed by atoms with van der Waals surface area (Å²) < 4.78 is 43.1. The number of anilines is 1. The Kier molecular flexibility index (Phi) is 4.65. The minimum absolute atomic E-state index is 0.0193. The fourth-order valence-electron chi connectivity index (χ4n) is 2.25. The van der Waals surface area contributed by atoms with Crippen LogP contribution in [0.25, 0.3) is 0 Å². The molecule has 1 fully saturated rings. The van der Waals surface area contributed by atoms with Crippen LogP contribution in [0.15, 0.2) is 18.2 Å². The average Bonchev–Trinajstić information content (AvgIpc) is 2.80. The number of benzene rings is 1. The van der Waals surface area contributed by atoms with Gasteiger partial charge in [-0.15, -0.1) is 0 Å². The first-order valence-corrected chi connectivity index (χ1v) is 6.95. The van der Waals surface area contributed by atoms with E-state index in [2.05, 4.69) is 0 Å². The van der Waals surface area contributed by atoms with E-state index in [4.69, 9.17) is 16.3 Å². The van der Waals surface area contributed by atoms with Crippen molar-refractivity contribution < 1.29 is 27.5 Å². The summed E-state index contributed by atoms with van der Waals surface area (Å²) in [4.78, 5) is 24.7. The SMILES string of the molecule is CCOC(=O)[C@H]1CC(=O)N(c2cc(C(F)(F)F)ccc2Cl)C1. The number of ether oxygens (including phenoxy) is 1. The summed E-state index contributed by atoms with van der Waals surface area (Å²) in [6.07, 6.45) is -4.64. The van der Waals surface area contributed by atoms with Gasteiger partial charge >= 0.3 is 12.1 Å². The number of hydrogen-bond acceptors (Lipinski definition) is 3. The first-order valence-electron chi connectivity index (χ1n) is 6.57. The second-order valence-electron chi connectivity index (χ2n) is 4.82. The Hall–Kier alpha value is -1.76. The van der Waals surface area contributed by atoms with Crippen molar-refractivity contribution in [3.05, 3.63) is 28.8 Å². The summed E-state index contributed by atoms with van der Waals surface area (Å²) in [5, 5.41) is 0.0193. The monoisotopic (exact) mass is 335 g/mol. The molecule has 0 N–H and O–H groups in total. The van der Waals surface area contributed by atoms with E-state index in [9.17, 15) is 22.8 Å². The molecule has 0 unspecified atom stereocenters. The van der Waals surface area contributed by atoms with Crippen LogP contribution in [0.5, 0.6) is 0 Å². The molecule has 1 aromatic rings. The van der Waals surface area contributed by atoms with Crippen LogP contribution in [-0.2, 0) is 20.5 Å². The summed E-state index contributed by atoms with van der Waals surface area (Å²) in [6, 6.07) is 2.74. The number of amides is 1. The van der Waals surface area contributed by atoms with Crippen molar-refractivity contribution in [2.75, 3.05) is 18.1 Å². The minimum Gasteiger partial charge on any atom is -0.466 e. The van der Waals surface area contributed by atoms with Crippen LogP contribution in [0, 0.1) is 5.92 Å². The van der Waals surface area contributed by atoms with E-state index in [1.807, 2.05) is 0 Å². The highest BCUT2D eigenvalue weighted by atomic mass is 35.5. The molecule has 0 aromatic heterocycles. The Bertz CT molecular complexity index is 603. The lowest BCUT2D eigenvalue weighted by Crippen LogP contribution is -2.27. The van der Waals surface area contributed by atoms with Gasteiger partial charge in [0.2, 0.25) is 5.91 Å². The maximum absolute atomic E-state index is 12.8. The molecule has 0 saturated carbocycles. The van der Waals surface area contributed by atoms with E-state index in [0.717, 1.165) is 23.1 Å². The molecule has 1 aliphatic heterocycles. The van der Waals surface area contributed by atoms with E-state index in [1.165, 1.54) is 0 Å². The maximum atomic E-state index is 12.8. The van der Waals surface area contributed by atoms with Crippen molar-refractivity contribution in [1.82, 2.24) is 0 Å². The van der Waals surface area contributed by atoms with Crippen LogP contribution < -0.4 is 4.90 Å². The lowest BCUT2D eigenvalue weighted by atomic mass is 10.1. The van der Waals surface area contributed by atoms with Crippen LogP contribution in [0.2, 0.25) is 5.02 Å². The van der Waals surface area contributed by atoms with Gasteiger partial charge in [0.1, 0.15) is 0 Å². The highest BCUT2D eigenvalue weighted by Crippen LogP contribution is 2.37. The second-order valence-corrected chi connectivity index (χ2v) is 5.23. The van der Waals surface area contributed by atoms with Gasteiger partial charge in [0.05, 0.1) is 28.8 Å². The Morgan fingerprint density at radius 1 is 1.45 bits per heavy atom. The lowest BCUT2D eigenvalue weighted by Gasteiger charge is -2.19. The molecule has 2 rings (SSSR count). The summed E-state index contributed by atoms with van der Waals surface area (Å²) in [7, 11) is 0. The van der Waals surface area contributed by atoms with E-state index >= 15 is 0 Å². The van der Waals surface area contributed by atoms with Gasteiger partial charge in [-0.05, 0) is 25.1 Å². The van der Waals surface area contributed by atoms with Gasteiger partial charge in [0.25, 0.3) is 0 Å². The molecule has 1 aromatic carbocycles. The Morgan fingerprint density at radius 2 is 2.14 bits per heavy atom. The molecular formula is C14H13ClF3NO3. The number of alkyl halides is 3. The molecule has 1 saturated heterocycles. The molecule has 0 aliphatic carbocycles. The van der Waals surface area contributed by atoms with Crippen LogP contribution in [0.4, 0.5) is 18.9 Å². The topological polar surface area (TPSA) is 46.6 Å². The zero-order valence-electron chi connectivity index (χ0n) is 11.6. The third kappa shape index (κ3) is 3.35. The summed E-state index contributed by atoms with van der Waals surface area (Å²) in [5.74, 6) is -1.70. The Balaban J connectivity index is 2.28. The molecule has 120 valence electrons. The highest BCUT2D eigenvalue weighted by Gasteiger charge is 2.38. The largest absolute Gasteiger partial charge is 0.466 e. The zero-order chi connectivity index (χ0) is 16.5. The predicted molar refractivity (Wildman–Crippen MR) is 73.5 cm³/mol. The van der Waals surface area contributed by atoms with Gasteiger partial charge in [-0.3, -0.25) is 9.59 Å². The molecule has 0 spiro atoms. The normalized spacial score (nSPS) is 18.7. The van der Waals surface area contributed by atoms with Gasteiger partial charge in [0.15, 0.2) is 0 Å². The third-order valence-electron chi connectivity index (χ3n) is 3.31. The lowest BCUT2D eigenvalue weighted by molar-refractivity contribution is -0.147. The second kappa shape index (κ2) is 6.16. The van der Waals surface area contributed by atoms with Crippen molar-refractivity contribution >= 4 is 29.2 Å². The maximum Gasteiger partial charge on any atom is 0.416 e. The number of nitrogens with zero attached hydrogens (tertiary/aromatic N) is 1. The van der Waals surface area contributed by atoms with Crippen molar-refractivity contribution in [2.45, 2.75) is 19.5 Å². The van der Waals surface area contributed by atoms with Crippen LogP contribution in [0.3, 0.4) is 0 Å². The van der Waals surface area contributed by atoms with Gasteiger partial charge in [-0.1, -0.05) is 11.6 Å². The van der Waals surface area contributed by atoms with Gasteiger partial charge in [-0.25, -0.2) is 0 Å².